The van der Waals surface area contributed by atoms with Crippen LogP contribution in [0.2, 0.25) is 0 Å². The van der Waals surface area contributed by atoms with E-state index in [2.05, 4.69) is 35.9 Å². The summed E-state index contributed by atoms with van der Waals surface area (Å²) < 4.78 is 7.28. The third-order valence-corrected chi connectivity index (χ3v) is 4.34. The Kier molecular flexibility index (Phi) is 5.14. The van der Waals surface area contributed by atoms with Crippen molar-refractivity contribution in [2.24, 2.45) is 0 Å². The largest absolute Gasteiger partial charge is 0.465 e. The van der Waals surface area contributed by atoms with Crippen molar-refractivity contribution in [2.45, 2.75) is 40.3 Å². The molecule has 1 aliphatic rings. The molecule has 0 unspecified atom stereocenters. The van der Waals surface area contributed by atoms with Crippen LogP contribution in [0.4, 0.5) is 0 Å². The first-order chi connectivity index (χ1) is 10.1. The molecule has 0 bridgehead atoms. The molecule has 120 valence electrons. The highest BCUT2D eigenvalue weighted by atomic mass is 35.5. The van der Waals surface area contributed by atoms with Gasteiger partial charge in [0.2, 0.25) is 0 Å². The fraction of sp³-hybridized carbons (Fsp3) is 0.471. The molecule has 2 heterocycles. The summed E-state index contributed by atoms with van der Waals surface area (Å²) in [6, 6.07) is 4.44. The second kappa shape index (κ2) is 6.71. The van der Waals surface area contributed by atoms with Crippen molar-refractivity contribution < 1.29 is 9.53 Å². The number of aromatic nitrogens is 1. The SMILES string of the molecule is CCOC(=O)Cn1c2c(c3cc(C)c(C)cc31)CNCC2.Cl. The lowest BCUT2D eigenvalue weighted by atomic mass is 10.0. The number of carbonyl (C=O) groups is 1. The molecule has 4 nitrogen and oxygen atoms in total. The minimum atomic E-state index is -0.158. The van der Waals surface area contributed by atoms with Crippen LogP contribution in [-0.4, -0.2) is 23.7 Å². The average Bonchev–Trinajstić information content (AvgIpc) is 2.74. The summed E-state index contributed by atoms with van der Waals surface area (Å²) in [5, 5.41) is 4.70. The summed E-state index contributed by atoms with van der Waals surface area (Å²) in [5.41, 5.74) is 6.32. The lowest BCUT2D eigenvalue weighted by Crippen LogP contribution is -2.25. The Labute approximate surface area is 137 Å². The van der Waals surface area contributed by atoms with Crippen molar-refractivity contribution >= 4 is 29.3 Å². The van der Waals surface area contributed by atoms with Gasteiger partial charge in [0.15, 0.2) is 0 Å². The molecule has 0 radical (unpaired) electrons. The number of ether oxygens (including phenoxy) is 1. The fourth-order valence-electron chi connectivity index (χ4n) is 3.15. The van der Waals surface area contributed by atoms with Crippen LogP contribution in [0.1, 0.15) is 29.3 Å². The number of nitrogens with zero attached hydrogens (tertiary/aromatic N) is 1. The maximum atomic E-state index is 11.9. The molecule has 22 heavy (non-hydrogen) atoms. The second-order valence-electron chi connectivity index (χ2n) is 5.70. The van der Waals surface area contributed by atoms with Gasteiger partial charge < -0.3 is 14.6 Å². The Bertz CT molecular complexity index is 706. The van der Waals surface area contributed by atoms with E-state index in [4.69, 9.17) is 4.74 Å². The first kappa shape index (κ1) is 16.8. The van der Waals surface area contributed by atoms with Gasteiger partial charge in [-0.15, -0.1) is 12.4 Å². The molecule has 0 saturated carbocycles. The number of fused-ring (bicyclic) bond motifs is 3. The number of hydrogen-bond acceptors (Lipinski definition) is 3. The average molecular weight is 323 g/mol. The van der Waals surface area contributed by atoms with Crippen LogP contribution in [0.15, 0.2) is 12.1 Å². The van der Waals surface area contributed by atoms with Gasteiger partial charge >= 0.3 is 5.97 Å². The zero-order chi connectivity index (χ0) is 15.0. The molecule has 1 aromatic carbocycles. The van der Waals surface area contributed by atoms with Crippen LogP contribution in [-0.2, 0) is 29.0 Å². The highest BCUT2D eigenvalue weighted by molar-refractivity contribution is 5.88. The third-order valence-electron chi connectivity index (χ3n) is 4.34. The molecule has 1 aromatic heterocycles. The molecule has 3 rings (SSSR count). The molecular formula is C17H23ClN2O2. The molecule has 0 atom stereocenters. The Morgan fingerprint density at radius 1 is 1.32 bits per heavy atom. The molecule has 1 aliphatic heterocycles. The summed E-state index contributed by atoms with van der Waals surface area (Å²) in [5.74, 6) is -0.158. The van der Waals surface area contributed by atoms with E-state index < -0.39 is 0 Å². The Hall–Kier alpha value is -1.52. The number of halogens is 1. The molecular weight excluding hydrogens is 300 g/mol. The second-order valence-corrected chi connectivity index (χ2v) is 5.70. The van der Waals surface area contributed by atoms with Crippen LogP contribution in [0.5, 0.6) is 0 Å². The van der Waals surface area contributed by atoms with E-state index in [-0.39, 0.29) is 18.4 Å². The Morgan fingerprint density at radius 3 is 2.77 bits per heavy atom. The quantitative estimate of drug-likeness (QED) is 0.884. The van der Waals surface area contributed by atoms with Crippen LogP contribution in [0, 0.1) is 13.8 Å². The first-order valence-corrected chi connectivity index (χ1v) is 7.59. The standard InChI is InChI=1S/C17H22N2O2.ClH/c1-4-21-17(20)10-19-15-5-6-18-9-14(15)13-7-11(2)12(3)8-16(13)19;/h7-8,18H,4-6,9-10H2,1-3H3;1H. The van der Waals surface area contributed by atoms with Crippen LogP contribution < -0.4 is 5.32 Å². The predicted octanol–water partition coefficient (Wildman–Crippen LogP) is 2.89. The number of hydrogen-bond donors (Lipinski definition) is 1. The number of esters is 1. The zero-order valence-corrected chi connectivity index (χ0v) is 14.2. The van der Waals surface area contributed by atoms with E-state index in [1.165, 1.54) is 27.8 Å². The van der Waals surface area contributed by atoms with Gasteiger partial charge in [0.25, 0.3) is 0 Å². The van der Waals surface area contributed by atoms with Crippen molar-refractivity contribution in [3.05, 3.63) is 34.5 Å². The summed E-state index contributed by atoms with van der Waals surface area (Å²) in [7, 11) is 0. The van der Waals surface area contributed by atoms with E-state index in [0.29, 0.717) is 13.2 Å². The minimum Gasteiger partial charge on any atom is -0.465 e. The molecule has 0 spiro atoms. The molecule has 1 N–H and O–H groups in total. The maximum Gasteiger partial charge on any atom is 0.325 e. The number of benzene rings is 1. The Balaban J connectivity index is 0.00000176. The van der Waals surface area contributed by atoms with Gasteiger partial charge in [0.1, 0.15) is 6.54 Å². The maximum absolute atomic E-state index is 11.9. The molecule has 0 saturated heterocycles. The van der Waals surface area contributed by atoms with Gasteiger partial charge in [-0.1, -0.05) is 0 Å². The van der Waals surface area contributed by atoms with Gasteiger partial charge in [-0.25, -0.2) is 0 Å². The molecule has 2 aromatic rings. The van der Waals surface area contributed by atoms with Gasteiger partial charge in [-0.2, -0.15) is 0 Å². The molecule has 0 fully saturated rings. The molecule has 0 aliphatic carbocycles. The number of nitrogens with one attached hydrogen (secondary N) is 1. The molecule has 5 heteroatoms. The van der Waals surface area contributed by atoms with E-state index in [9.17, 15) is 4.79 Å². The normalized spacial score (nSPS) is 13.6. The van der Waals surface area contributed by atoms with E-state index in [0.717, 1.165) is 25.0 Å². The smallest absolute Gasteiger partial charge is 0.325 e. The van der Waals surface area contributed by atoms with Crippen molar-refractivity contribution in [1.29, 1.82) is 0 Å². The van der Waals surface area contributed by atoms with Crippen molar-refractivity contribution in [2.75, 3.05) is 13.2 Å². The van der Waals surface area contributed by atoms with Crippen LogP contribution in [0.3, 0.4) is 0 Å². The predicted molar refractivity (Wildman–Crippen MR) is 90.7 cm³/mol. The summed E-state index contributed by atoms with van der Waals surface area (Å²) in [6.45, 7) is 8.68. The minimum absolute atomic E-state index is 0. The summed E-state index contributed by atoms with van der Waals surface area (Å²) in [6.07, 6.45) is 0.960. The number of aryl methyl sites for hydroxylation is 2. The van der Waals surface area contributed by atoms with E-state index >= 15 is 0 Å². The first-order valence-electron chi connectivity index (χ1n) is 7.59. The highest BCUT2D eigenvalue weighted by Gasteiger charge is 2.21. The summed E-state index contributed by atoms with van der Waals surface area (Å²) in [4.78, 5) is 11.9. The van der Waals surface area contributed by atoms with Gasteiger partial charge in [-0.3, -0.25) is 4.79 Å². The van der Waals surface area contributed by atoms with E-state index in [1.54, 1.807) is 0 Å². The lowest BCUT2D eigenvalue weighted by Gasteiger charge is -2.16. The van der Waals surface area contributed by atoms with Crippen molar-refractivity contribution in [3.63, 3.8) is 0 Å². The van der Waals surface area contributed by atoms with Crippen molar-refractivity contribution in [1.82, 2.24) is 9.88 Å². The van der Waals surface area contributed by atoms with Gasteiger partial charge in [0, 0.05) is 36.1 Å². The topological polar surface area (TPSA) is 43.3 Å². The fourth-order valence-corrected chi connectivity index (χ4v) is 3.15. The van der Waals surface area contributed by atoms with E-state index in [1.807, 2.05) is 6.92 Å². The van der Waals surface area contributed by atoms with Crippen LogP contribution >= 0.6 is 12.4 Å². The van der Waals surface area contributed by atoms with Gasteiger partial charge in [-0.05, 0) is 49.6 Å². The molecule has 0 amide bonds. The third kappa shape index (κ3) is 2.85. The lowest BCUT2D eigenvalue weighted by molar-refractivity contribution is -0.143. The number of carbonyl (C=O) groups excluding carboxylic acids is 1. The zero-order valence-electron chi connectivity index (χ0n) is 13.4. The Morgan fingerprint density at radius 2 is 2.05 bits per heavy atom. The van der Waals surface area contributed by atoms with Crippen molar-refractivity contribution in [3.8, 4) is 0 Å². The number of rotatable bonds is 3. The van der Waals surface area contributed by atoms with Gasteiger partial charge in [0.05, 0.1) is 6.61 Å². The summed E-state index contributed by atoms with van der Waals surface area (Å²) >= 11 is 0. The monoisotopic (exact) mass is 322 g/mol. The van der Waals surface area contributed by atoms with Crippen LogP contribution in [0.25, 0.3) is 10.9 Å². The highest BCUT2D eigenvalue weighted by Crippen LogP contribution is 2.30.